The van der Waals surface area contributed by atoms with Crippen LogP contribution in [0.5, 0.6) is 5.75 Å². The molecule has 0 aromatic heterocycles. The standard InChI is InChI=1S/C14H21NO2/c1-4-9-16-14-7-5-13(6-8-14)10-15-17-11-12(2)3/h4-8,12,15H,1,9-11H2,2-3H3. The van der Waals surface area contributed by atoms with Gasteiger partial charge in [0.15, 0.2) is 0 Å². The van der Waals surface area contributed by atoms with Gasteiger partial charge in [-0.3, -0.25) is 0 Å². The second-order valence-corrected chi connectivity index (χ2v) is 4.27. The van der Waals surface area contributed by atoms with Gasteiger partial charge in [-0.15, -0.1) is 0 Å². The molecule has 0 atom stereocenters. The van der Waals surface area contributed by atoms with Crippen molar-refractivity contribution in [2.45, 2.75) is 20.4 Å². The molecule has 0 bridgehead atoms. The van der Waals surface area contributed by atoms with Gasteiger partial charge in [-0.05, 0) is 23.6 Å². The van der Waals surface area contributed by atoms with Crippen LogP contribution in [0, 0.1) is 5.92 Å². The Bertz CT molecular complexity index is 319. The van der Waals surface area contributed by atoms with Gasteiger partial charge in [0, 0.05) is 6.54 Å². The lowest BCUT2D eigenvalue weighted by atomic mass is 10.2. The monoisotopic (exact) mass is 235 g/mol. The molecule has 0 aliphatic rings. The summed E-state index contributed by atoms with van der Waals surface area (Å²) < 4.78 is 5.40. The fourth-order valence-electron chi connectivity index (χ4n) is 1.22. The van der Waals surface area contributed by atoms with Crippen molar-refractivity contribution in [3.63, 3.8) is 0 Å². The highest BCUT2D eigenvalue weighted by atomic mass is 16.6. The highest BCUT2D eigenvalue weighted by molar-refractivity contribution is 5.27. The fraction of sp³-hybridized carbons (Fsp3) is 0.429. The third-order valence-electron chi connectivity index (χ3n) is 2.09. The Morgan fingerprint density at radius 2 is 2.00 bits per heavy atom. The second-order valence-electron chi connectivity index (χ2n) is 4.27. The molecule has 0 amide bonds. The van der Waals surface area contributed by atoms with Gasteiger partial charge in [-0.1, -0.05) is 38.6 Å². The molecule has 0 saturated heterocycles. The predicted octanol–water partition coefficient (Wildman–Crippen LogP) is 2.93. The summed E-state index contributed by atoms with van der Waals surface area (Å²) in [6, 6.07) is 7.93. The Labute approximate surface area is 103 Å². The predicted molar refractivity (Wildman–Crippen MR) is 69.8 cm³/mol. The van der Waals surface area contributed by atoms with Crippen LogP contribution >= 0.6 is 0 Å². The van der Waals surface area contributed by atoms with Crippen molar-refractivity contribution >= 4 is 0 Å². The van der Waals surface area contributed by atoms with Crippen LogP contribution in [0.3, 0.4) is 0 Å². The Morgan fingerprint density at radius 1 is 1.29 bits per heavy atom. The molecule has 0 radical (unpaired) electrons. The largest absolute Gasteiger partial charge is 0.490 e. The third kappa shape index (κ3) is 6.09. The summed E-state index contributed by atoms with van der Waals surface area (Å²) in [5.74, 6) is 1.40. The molecule has 17 heavy (non-hydrogen) atoms. The summed E-state index contributed by atoms with van der Waals surface area (Å²) in [6.07, 6.45) is 1.73. The van der Waals surface area contributed by atoms with Gasteiger partial charge in [0.2, 0.25) is 0 Å². The molecule has 94 valence electrons. The van der Waals surface area contributed by atoms with Crippen molar-refractivity contribution in [1.82, 2.24) is 5.48 Å². The highest BCUT2D eigenvalue weighted by Crippen LogP contribution is 2.11. The Hall–Kier alpha value is -1.32. The smallest absolute Gasteiger partial charge is 0.119 e. The van der Waals surface area contributed by atoms with Gasteiger partial charge in [0.25, 0.3) is 0 Å². The maximum Gasteiger partial charge on any atom is 0.119 e. The molecule has 0 saturated carbocycles. The van der Waals surface area contributed by atoms with Gasteiger partial charge in [-0.25, -0.2) is 0 Å². The van der Waals surface area contributed by atoms with Gasteiger partial charge in [0.1, 0.15) is 12.4 Å². The Morgan fingerprint density at radius 3 is 2.59 bits per heavy atom. The number of hydrogen-bond acceptors (Lipinski definition) is 3. The summed E-state index contributed by atoms with van der Waals surface area (Å²) in [5.41, 5.74) is 4.11. The molecule has 0 unspecified atom stereocenters. The second kappa shape index (κ2) is 7.87. The first-order valence-corrected chi connectivity index (χ1v) is 5.89. The van der Waals surface area contributed by atoms with Crippen LogP contribution in [-0.2, 0) is 11.4 Å². The number of benzene rings is 1. The fourth-order valence-corrected chi connectivity index (χ4v) is 1.22. The molecule has 3 heteroatoms. The van der Waals surface area contributed by atoms with Crippen molar-refractivity contribution < 1.29 is 9.57 Å². The third-order valence-corrected chi connectivity index (χ3v) is 2.09. The first kappa shape index (κ1) is 13.7. The van der Waals surface area contributed by atoms with Crippen LogP contribution in [-0.4, -0.2) is 13.2 Å². The van der Waals surface area contributed by atoms with E-state index in [1.54, 1.807) is 6.08 Å². The summed E-state index contributed by atoms with van der Waals surface area (Å²) in [7, 11) is 0. The summed E-state index contributed by atoms with van der Waals surface area (Å²) >= 11 is 0. The summed E-state index contributed by atoms with van der Waals surface area (Å²) in [5, 5.41) is 0. The molecule has 0 heterocycles. The molecular formula is C14H21NO2. The average molecular weight is 235 g/mol. The van der Waals surface area contributed by atoms with Crippen molar-refractivity contribution in [2.24, 2.45) is 5.92 Å². The normalized spacial score (nSPS) is 10.5. The van der Waals surface area contributed by atoms with E-state index in [4.69, 9.17) is 9.57 Å². The van der Waals surface area contributed by atoms with Crippen molar-refractivity contribution in [3.8, 4) is 5.75 Å². The van der Waals surface area contributed by atoms with E-state index in [2.05, 4.69) is 25.9 Å². The molecule has 0 aliphatic carbocycles. The van der Waals surface area contributed by atoms with E-state index in [-0.39, 0.29) is 0 Å². The summed E-state index contributed by atoms with van der Waals surface area (Å²) in [4.78, 5) is 5.30. The van der Waals surface area contributed by atoms with Gasteiger partial charge >= 0.3 is 0 Å². The topological polar surface area (TPSA) is 30.5 Å². The zero-order chi connectivity index (χ0) is 12.5. The lowest BCUT2D eigenvalue weighted by Gasteiger charge is -2.08. The van der Waals surface area contributed by atoms with E-state index in [1.165, 1.54) is 5.56 Å². The molecule has 0 fully saturated rings. The van der Waals surface area contributed by atoms with Gasteiger partial charge < -0.3 is 9.57 Å². The zero-order valence-corrected chi connectivity index (χ0v) is 10.6. The van der Waals surface area contributed by atoms with Gasteiger partial charge in [0.05, 0.1) is 6.61 Å². The molecule has 1 aromatic carbocycles. The van der Waals surface area contributed by atoms with Crippen LogP contribution in [0.15, 0.2) is 36.9 Å². The highest BCUT2D eigenvalue weighted by Gasteiger charge is 1.96. The zero-order valence-electron chi connectivity index (χ0n) is 10.6. The number of ether oxygens (including phenoxy) is 1. The van der Waals surface area contributed by atoms with Gasteiger partial charge in [-0.2, -0.15) is 5.48 Å². The van der Waals surface area contributed by atoms with E-state index >= 15 is 0 Å². The molecular weight excluding hydrogens is 214 g/mol. The first-order valence-electron chi connectivity index (χ1n) is 5.89. The summed E-state index contributed by atoms with van der Waals surface area (Å²) in [6.45, 7) is 9.81. The number of nitrogens with one attached hydrogen (secondary N) is 1. The van der Waals surface area contributed by atoms with E-state index in [1.807, 2.05) is 24.3 Å². The van der Waals surface area contributed by atoms with E-state index in [0.717, 1.165) is 12.4 Å². The van der Waals surface area contributed by atoms with Crippen LogP contribution in [0.4, 0.5) is 0 Å². The van der Waals surface area contributed by atoms with E-state index in [9.17, 15) is 0 Å². The number of rotatable bonds is 8. The number of hydrogen-bond donors (Lipinski definition) is 1. The lowest BCUT2D eigenvalue weighted by Crippen LogP contribution is -2.17. The van der Waals surface area contributed by atoms with Crippen molar-refractivity contribution in [2.75, 3.05) is 13.2 Å². The minimum atomic E-state index is 0.537. The minimum absolute atomic E-state index is 0.537. The maximum absolute atomic E-state index is 5.40. The molecule has 1 rings (SSSR count). The average Bonchev–Trinajstić information content (AvgIpc) is 2.33. The first-order chi connectivity index (χ1) is 8.22. The minimum Gasteiger partial charge on any atom is -0.490 e. The van der Waals surface area contributed by atoms with Crippen molar-refractivity contribution in [3.05, 3.63) is 42.5 Å². The Kier molecular flexibility index (Phi) is 6.37. The molecule has 1 aromatic rings. The van der Waals surface area contributed by atoms with E-state index in [0.29, 0.717) is 19.1 Å². The molecule has 3 nitrogen and oxygen atoms in total. The maximum atomic E-state index is 5.40. The number of hydroxylamine groups is 1. The quantitative estimate of drug-likeness (QED) is 0.427. The van der Waals surface area contributed by atoms with Crippen LogP contribution in [0.25, 0.3) is 0 Å². The lowest BCUT2D eigenvalue weighted by molar-refractivity contribution is 0.0196. The Balaban J connectivity index is 2.27. The van der Waals surface area contributed by atoms with Crippen molar-refractivity contribution in [1.29, 1.82) is 0 Å². The SMILES string of the molecule is C=CCOc1ccc(CNOCC(C)C)cc1. The van der Waals surface area contributed by atoms with Crippen LogP contribution in [0.1, 0.15) is 19.4 Å². The van der Waals surface area contributed by atoms with Crippen LogP contribution in [0.2, 0.25) is 0 Å². The molecule has 1 N–H and O–H groups in total. The van der Waals surface area contributed by atoms with Crippen LogP contribution < -0.4 is 10.2 Å². The molecule has 0 spiro atoms. The molecule has 0 aliphatic heterocycles. The van der Waals surface area contributed by atoms with E-state index < -0.39 is 0 Å².